The Morgan fingerprint density at radius 2 is 1.62 bits per heavy atom. The lowest BCUT2D eigenvalue weighted by molar-refractivity contribution is -0.152. The number of amides is 1. The highest BCUT2D eigenvalue weighted by atomic mass is 32.2. The summed E-state index contributed by atoms with van der Waals surface area (Å²) in [6, 6.07) is 8.63. The van der Waals surface area contributed by atoms with Gasteiger partial charge in [0.1, 0.15) is 0 Å². The summed E-state index contributed by atoms with van der Waals surface area (Å²) in [5, 5.41) is 0. The van der Waals surface area contributed by atoms with Crippen molar-refractivity contribution in [2.24, 2.45) is 0 Å². The first kappa shape index (κ1) is 20.1. The van der Waals surface area contributed by atoms with Crippen LogP contribution >= 0.6 is 0 Å². The van der Waals surface area contributed by atoms with Gasteiger partial charge < -0.3 is 9.64 Å². The maximum Gasteiger partial charge on any atom is 0.306 e. The molecule has 0 saturated carbocycles. The number of Topliss-reactive ketones (excluding diaryl/α,β-unsaturated/α-hetero) is 1. The van der Waals surface area contributed by atoms with Gasteiger partial charge in [0, 0.05) is 38.2 Å². The Kier molecular flexibility index (Phi) is 6.87. The standard InChI is InChI=1S/C17H22N2O6S/c1-26(23,24)19-11-9-18(10-12-19)16(21)13-25-17(22)8-7-15(20)14-5-3-2-4-6-14/h2-6H,7-13H2,1H3. The molecule has 1 aromatic rings. The molecule has 0 bridgehead atoms. The van der Waals surface area contributed by atoms with Crippen LogP contribution < -0.4 is 0 Å². The maximum atomic E-state index is 12.0. The molecule has 9 heteroatoms. The summed E-state index contributed by atoms with van der Waals surface area (Å²) >= 11 is 0. The van der Waals surface area contributed by atoms with Crippen molar-refractivity contribution in [3.8, 4) is 0 Å². The molecule has 0 spiro atoms. The molecule has 8 nitrogen and oxygen atoms in total. The van der Waals surface area contributed by atoms with E-state index in [4.69, 9.17) is 4.74 Å². The van der Waals surface area contributed by atoms with Gasteiger partial charge in [0.15, 0.2) is 12.4 Å². The molecule has 1 aliphatic heterocycles. The number of carbonyl (C=O) groups is 3. The minimum atomic E-state index is -3.26. The van der Waals surface area contributed by atoms with Crippen LogP contribution in [0.15, 0.2) is 30.3 Å². The van der Waals surface area contributed by atoms with Crippen LogP contribution in [0.3, 0.4) is 0 Å². The highest BCUT2D eigenvalue weighted by Gasteiger charge is 2.26. The molecule has 0 aliphatic carbocycles. The first-order valence-corrected chi connectivity index (χ1v) is 10.1. The van der Waals surface area contributed by atoms with Crippen LogP contribution in [0, 0.1) is 0 Å². The Labute approximate surface area is 152 Å². The van der Waals surface area contributed by atoms with Crippen molar-refractivity contribution in [2.45, 2.75) is 12.8 Å². The molecular formula is C17H22N2O6S. The zero-order valence-corrected chi connectivity index (χ0v) is 15.4. The summed E-state index contributed by atoms with van der Waals surface area (Å²) in [6.45, 7) is 0.567. The molecule has 1 aromatic carbocycles. The number of rotatable bonds is 7. The van der Waals surface area contributed by atoms with Gasteiger partial charge in [-0.25, -0.2) is 8.42 Å². The highest BCUT2D eigenvalue weighted by Crippen LogP contribution is 2.08. The third-order valence-corrected chi connectivity index (χ3v) is 5.37. The topological polar surface area (TPSA) is 101 Å². The van der Waals surface area contributed by atoms with Gasteiger partial charge >= 0.3 is 5.97 Å². The summed E-state index contributed by atoms with van der Waals surface area (Å²) in [5.74, 6) is -1.15. The third-order valence-electron chi connectivity index (χ3n) is 4.07. The van der Waals surface area contributed by atoms with Gasteiger partial charge in [-0.1, -0.05) is 30.3 Å². The number of ether oxygens (including phenoxy) is 1. The smallest absolute Gasteiger partial charge is 0.306 e. The quantitative estimate of drug-likeness (QED) is 0.496. The number of piperazine rings is 1. The fourth-order valence-corrected chi connectivity index (χ4v) is 3.39. The van der Waals surface area contributed by atoms with Gasteiger partial charge in [0.05, 0.1) is 12.7 Å². The van der Waals surface area contributed by atoms with Crippen molar-refractivity contribution < 1.29 is 27.5 Å². The van der Waals surface area contributed by atoms with Crippen molar-refractivity contribution >= 4 is 27.7 Å². The molecule has 2 rings (SSSR count). The van der Waals surface area contributed by atoms with Crippen molar-refractivity contribution in [1.29, 1.82) is 0 Å². The Morgan fingerprint density at radius 1 is 1.00 bits per heavy atom. The van der Waals surface area contributed by atoms with E-state index < -0.39 is 22.6 Å². The van der Waals surface area contributed by atoms with E-state index in [0.717, 1.165) is 6.26 Å². The molecule has 0 radical (unpaired) electrons. The fraction of sp³-hybridized carbons (Fsp3) is 0.471. The van der Waals surface area contributed by atoms with Crippen molar-refractivity contribution in [3.05, 3.63) is 35.9 Å². The first-order valence-electron chi connectivity index (χ1n) is 8.24. The number of esters is 1. The molecule has 0 atom stereocenters. The van der Waals surface area contributed by atoms with Gasteiger partial charge in [-0.2, -0.15) is 4.31 Å². The second kappa shape index (κ2) is 8.91. The second-order valence-corrected chi connectivity index (χ2v) is 7.98. The van der Waals surface area contributed by atoms with Crippen LogP contribution in [0.4, 0.5) is 0 Å². The van der Waals surface area contributed by atoms with Gasteiger partial charge in [-0.3, -0.25) is 14.4 Å². The Balaban J connectivity index is 1.69. The monoisotopic (exact) mass is 382 g/mol. The van der Waals surface area contributed by atoms with E-state index in [1.54, 1.807) is 30.3 Å². The normalized spacial score (nSPS) is 15.5. The second-order valence-electron chi connectivity index (χ2n) is 5.99. The highest BCUT2D eigenvalue weighted by molar-refractivity contribution is 7.88. The van der Waals surface area contributed by atoms with Crippen molar-refractivity contribution in [3.63, 3.8) is 0 Å². The van der Waals surface area contributed by atoms with E-state index in [1.165, 1.54) is 9.21 Å². The van der Waals surface area contributed by atoms with Crippen LogP contribution in [0.2, 0.25) is 0 Å². The Morgan fingerprint density at radius 3 is 2.19 bits per heavy atom. The summed E-state index contributed by atoms with van der Waals surface area (Å²) in [4.78, 5) is 37.1. The minimum absolute atomic E-state index is 0.0179. The van der Waals surface area contributed by atoms with E-state index >= 15 is 0 Å². The zero-order valence-electron chi connectivity index (χ0n) is 14.6. The average Bonchev–Trinajstić information content (AvgIpc) is 2.64. The van der Waals surface area contributed by atoms with Gasteiger partial charge in [0.25, 0.3) is 5.91 Å². The summed E-state index contributed by atoms with van der Waals surface area (Å²) in [7, 11) is -3.26. The lowest BCUT2D eigenvalue weighted by Crippen LogP contribution is -2.51. The Bertz CT molecular complexity index is 755. The molecule has 0 aromatic heterocycles. The molecular weight excluding hydrogens is 360 g/mol. The molecule has 1 amide bonds. The van der Waals surface area contributed by atoms with Gasteiger partial charge in [0.2, 0.25) is 10.0 Å². The number of hydrogen-bond donors (Lipinski definition) is 0. The number of hydrogen-bond acceptors (Lipinski definition) is 6. The third kappa shape index (κ3) is 5.92. The summed E-state index contributed by atoms with van der Waals surface area (Å²) in [5.41, 5.74) is 0.528. The number of sulfonamides is 1. The van der Waals surface area contributed by atoms with Crippen molar-refractivity contribution in [2.75, 3.05) is 39.0 Å². The van der Waals surface area contributed by atoms with E-state index in [-0.39, 0.29) is 50.7 Å². The lowest BCUT2D eigenvalue weighted by atomic mass is 10.1. The molecule has 0 unspecified atom stereocenters. The van der Waals surface area contributed by atoms with Crippen LogP contribution in [-0.4, -0.2) is 74.3 Å². The largest absolute Gasteiger partial charge is 0.456 e. The van der Waals surface area contributed by atoms with Gasteiger partial charge in [-0.15, -0.1) is 0 Å². The van der Waals surface area contributed by atoms with Crippen molar-refractivity contribution in [1.82, 2.24) is 9.21 Å². The molecule has 0 N–H and O–H groups in total. The van der Waals surface area contributed by atoms with Crippen LogP contribution in [0.5, 0.6) is 0 Å². The summed E-state index contributed by atoms with van der Waals surface area (Å²) < 4.78 is 29.1. The van der Waals surface area contributed by atoms with Gasteiger partial charge in [-0.05, 0) is 0 Å². The molecule has 26 heavy (non-hydrogen) atoms. The van der Waals surface area contributed by atoms with Crippen LogP contribution in [-0.2, 0) is 24.3 Å². The molecule has 1 saturated heterocycles. The molecule has 1 fully saturated rings. The molecule has 1 aliphatic rings. The number of carbonyl (C=O) groups excluding carboxylic acids is 3. The average molecular weight is 382 g/mol. The molecule has 142 valence electrons. The zero-order chi connectivity index (χ0) is 19.2. The predicted molar refractivity (Wildman–Crippen MR) is 94.0 cm³/mol. The van der Waals surface area contributed by atoms with E-state index in [2.05, 4.69) is 0 Å². The van der Waals surface area contributed by atoms with E-state index in [9.17, 15) is 22.8 Å². The molecule has 1 heterocycles. The SMILES string of the molecule is CS(=O)(=O)N1CCN(C(=O)COC(=O)CCC(=O)c2ccccc2)CC1. The number of nitrogens with zero attached hydrogens (tertiary/aromatic N) is 2. The number of ketones is 1. The Hall–Kier alpha value is -2.26. The summed E-state index contributed by atoms with van der Waals surface area (Å²) in [6.07, 6.45) is 1.05. The maximum absolute atomic E-state index is 12.0. The lowest BCUT2D eigenvalue weighted by Gasteiger charge is -2.33. The first-order chi connectivity index (χ1) is 12.3. The predicted octanol–water partition coefficient (Wildman–Crippen LogP) is 0.297. The van der Waals surface area contributed by atoms with E-state index in [1.807, 2.05) is 0 Å². The minimum Gasteiger partial charge on any atom is -0.456 e. The fourth-order valence-electron chi connectivity index (χ4n) is 2.56. The van der Waals surface area contributed by atoms with E-state index in [0.29, 0.717) is 5.56 Å². The van der Waals surface area contributed by atoms with Crippen LogP contribution in [0.25, 0.3) is 0 Å². The van der Waals surface area contributed by atoms with Crippen LogP contribution in [0.1, 0.15) is 23.2 Å². The number of benzene rings is 1.